The first-order chi connectivity index (χ1) is 8.36. The molecule has 0 amide bonds. The third-order valence-corrected chi connectivity index (χ3v) is 2.20. The van der Waals surface area contributed by atoms with Gasteiger partial charge in [0, 0.05) is 26.6 Å². The average molecular weight is 396 g/mol. The molecule has 0 aliphatic carbocycles. The third-order valence-electron chi connectivity index (χ3n) is 1.70. The summed E-state index contributed by atoms with van der Waals surface area (Å²) in [4.78, 5) is 19.2. The third kappa shape index (κ3) is 6.55. The van der Waals surface area contributed by atoms with E-state index in [0.717, 1.165) is 15.7 Å². The number of hydrogen-bond donors (Lipinski definition) is 0. The molecule has 2 aromatic rings. The van der Waals surface area contributed by atoms with Gasteiger partial charge in [0.15, 0.2) is 0 Å². The van der Waals surface area contributed by atoms with E-state index >= 15 is 0 Å². The van der Waals surface area contributed by atoms with Gasteiger partial charge in [-0.3, -0.25) is 0 Å². The summed E-state index contributed by atoms with van der Waals surface area (Å²) in [6, 6.07) is 14.8. The molecular weight excluding hydrogens is 388 g/mol. The van der Waals surface area contributed by atoms with Crippen LogP contribution >= 0.6 is 15.9 Å². The molecule has 0 N–H and O–H groups in total. The Morgan fingerprint density at radius 3 is 2.28 bits per heavy atom. The Kier molecular flexibility index (Phi) is 13.1. The Morgan fingerprint density at radius 1 is 1.11 bits per heavy atom. The fraction of sp³-hybridized carbons (Fsp3) is 0. The number of nitrogens with zero attached hydrogens (tertiary/aromatic N) is 1. The maximum atomic E-state index is 7.50. The van der Waals surface area contributed by atoms with Gasteiger partial charge in [0.25, 0.3) is 0 Å². The second kappa shape index (κ2) is 12.3. The molecule has 0 aliphatic heterocycles. The van der Waals surface area contributed by atoms with Crippen LogP contribution < -0.4 is 0 Å². The summed E-state index contributed by atoms with van der Waals surface area (Å²) < 4.78 is 1.05. The van der Waals surface area contributed by atoms with Crippen LogP contribution in [0.15, 0.2) is 47.1 Å². The molecule has 0 aliphatic rings. The molecule has 2 radical (unpaired) electrons. The zero-order valence-electron chi connectivity index (χ0n) is 9.00. The summed E-state index contributed by atoms with van der Waals surface area (Å²) >= 11 is 3.41. The fourth-order valence-electron chi connectivity index (χ4n) is 1.11. The van der Waals surface area contributed by atoms with Gasteiger partial charge in [-0.15, -0.1) is 29.8 Å². The Balaban J connectivity index is 0. The predicted molar refractivity (Wildman–Crippen MR) is 67.6 cm³/mol. The SMILES string of the molecule is Brc1cc[c-]c(-c2ccccn2)c1.[C-]=O.[C-]=O.[Pd]. The van der Waals surface area contributed by atoms with Crippen LogP contribution in [-0.2, 0) is 30.0 Å². The fourth-order valence-corrected chi connectivity index (χ4v) is 1.47. The van der Waals surface area contributed by atoms with E-state index in [-0.39, 0.29) is 20.4 Å². The molecular formula is C13H7BrNO2Pd-3. The number of carbonyl (C=O) groups excluding carboxylic acids is 2. The number of halogens is 1. The van der Waals surface area contributed by atoms with Gasteiger partial charge in [-0.25, -0.2) is 0 Å². The van der Waals surface area contributed by atoms with Gasteiger partial charge in [-0.2, -0.15) is 0 Å². The van der Waals surface area contributed by atoms with Crippen LogP contribution in [0, 0.1) is 6.07 Å². The molecule has 1 aromatic carbocycles. The minimum absolute atomic E-state index is 0. The molecule has 0 atom stereocenters. The molecule has 5 heteroatoms. The van der Waals surface area contributed by atoms with Gasteiger partial charge in [-0.1, -0.05) is 32.5 Å². The molecule has 0 saturated carbocycles. The van der Waals surface area contributed by atoms with Gasteiger partial charge in [-0.05, 0) is 11.8 Å². The molecule has 3 nitrogen and oxygen atoms in total. The zero-order valence-corrected chi connectivity index (χ0v) is 12.1. The van der Waals surface area contributed by atoms with Crippen molar-refractivity contribution < 1.29 is 30.0 Å². The van der Waals surface area contributed by atoms with E-state index in [9.17, 15) is 0 Å². The van der Waals surface area contributed by atoms with E-state index in [1.165, 1.54) is 0 Å². The van der Waals surface area contributed by atoms with Crippen LogP contribution in [0.25, 0.3) is 11.3 Å². The number of pyridine rings is 1. The maximum Gasteiger partial charge on any atom is 0.0160 e. The van der Waals surface area contributed by atoms with Crippen LogP contribution in [0.4, 0.5) is 0 Å². The van der Waals surface area contributed by atoms with Crippen molar-refractivity contribution in [1.29, 1.82) is 0 Å². The first kappa shape index (κ1) is 19.2. The normalized spacial score (nSPS) is 7.61. The standard InChI is InChI=1S/C11H7BrN.2CO.Pd/c12-10-5-3-4-9(8-10)11-6-1-2-7-13-11;2*1-2;/h1-3,5-8H;;;/q3*-1;. The van der Waals surface area contributed by atoms with Crippen LogP contribution in [0.2, 0.25) is 0 Å². The van der Waals surface area contributed by atoms with E-state index < -0.39 is 0 Å². The molecule has 0 spiro atoms. The Bertz CT molecular complexity index is 438. The first-order valence-corrected chi connectivity index (χ1v) is 5.15. The molecule has 0 bridgehead atoms. The van der Waals surface area contributed by atoms with Crippen molar-refractivity contribution in [2.24, 2.45) is 0 Å². The van der Waals surface area contributed by atoms with Crippen LogP contribution in [-0.4, -0.2) is 18.6 Å². The van der Waals surface area contributed by atoms with Gasteiger partial charge in [0.1, 0.15) is 0 Å². The second-order valence-corrected chi connectivity index (χ2v) is 3.55. The maximum absolute atomic E-state index is 7.50. The predicted octanol–water partition coefficient (Wildman–Crippen LogP) is 2.51. The molecule has 18 heavy (non-hydrogen) atoms. The van der Waals surface area contributed by atoms with Crippen molar-refractivity contribution in [1.82, 2.24) is 4.98 Å². The minimum Gasteiger partial charge on any atom is -0.573 e. The number of aromatic nitrogens is 1. The Labute approximate surface area is 128 Å². The molecule has 2 rings (SSSR count). The number of hydrogen-bond acceptors (Lipinski definition) is 3. The van der Waals surface area contributed by atoms with Gasteiger partial charge >= 0.3 is 0 Å². The number of rotatable bonds is 1. The molecule has 1 heterocycles. The monoisotopic (exact) mass is 394 g/mol. The van der Waals surface area contributed by atoms with Crippen molar-refractivity contribution >= 4 is 29.5 Å². The first-order valence-electron chi connectivity index (χ1n) is 4.36. The van der Waals surface area contributed by atoms with Crippen LogP contribution in [0.3, 0.4) is 0 Å². The summed E-state index contributed by atoms with van der Waals surface area (Å²) in [7, 11) is 0. The van der Waals surface area contributed by atoms with Gasteiger partial charge < -0.3 is 28.2 Å². The van der Waals surface area contributed by atoms with Crippen LogP contribution in [0.1, 0.15) is 0 Å². The molecule has 0 unspecified atom stereocenters. The van der Waals surface area contributed by atoms with E-state index in [0.29, 0.717) is 0 Å². The molecule has 96 valence electrons. The summed E-state index contributed by atoms with van der Waals surface area (Å²) in [5.41, 5.74) is 1.96. The van der Waals surface area contributed by atoms with E-state index in [1.54, 1.807) is 6.20 Å². The Morgan fingerprint density at radius 2 is 1.78 bits per heavy atom. The summed E-state index contributed by atoms with van der Waals surface area (Å²) in [5.74, 6) is 0. The second-order valence-electron chi connectivity index (χ2n) is 2.64. The average Bonchev–Trinajstić information content (AvgIpc) is 2.44. The van der Waals surface area contributed by atoms with Gasteiger partial charge in [0.2, 0.25) is 0 Å². The smallest absolute Gasteiger partial charge is 0.0160 e. The molecule has 0 fully saturated rings. The van der Waals surface area contributed by atoms with E-state index in [2.05, 4.69) is 40.6 Å². The van der Waals surface area contributed by atoms with Gasteiger partial charge in [0.05, 0.1) is 0 Å². The van der Waals surface area contributed by atoms with Crippen molar-refractivity contribution in [3.63, 3.8) is 0 Å². The topological polar surface area (TPSA) is 47.0 Å². The summed E-state index contributed by atoms with van der Waals surface area (Å²) in [5, 5.41) is 0. The van der Waals surface area contributed by atoms with Crippen molar-refractivity contribution in [2.75, 3.05) is 0 Å². The minimum atomic E-state index is 0. The summed E-state index contributed by atoms with van der Waals surface area (Å²) in [6.07, 6.45) is 1.78. The largest absolute Gasteiger partial charge is 0.573 e. The Hall–Kier alpha value is -1.15. The van der Waals surface area contributed by atoms with E-state index in [1.807, 2.05) is 36.4 Å². The summed E-state index contributed by atoms with van der Waals surface area (Å²) in [6.45, 7) is 9.00. The zero-order chi connectivity index (χ0) is 13.1. The van der Waals surface area contributed by atoms with Crippen molar-refractivity contribution in [3.8, 4) is 11.3 Å². The molecule has 1 aromatic heterocycles. The van der Waals surface area contributed by atoms with Crippen molar-refractivity contribution in [2.45, 2.75) is 0 Å². The van der Waals surface area contributed by atoms with Crippen molar-refractivity contribution in [3.05, 3.63) is 53.1 Å². The quantitative estimate of drug-likeness (QED) is 0.551. The van der Waals surface area contributed by atoms with Crippen LogP contribution in [0.5, 0.6) is 0 Å². The molecule has 0 saturated heterocycles. The van der Waals surface area contributed by atoms with E-state index in [4.69, 9.17) is 9.59 Å². The number of benzene rings is 1.